The first-order valence-electron chi connectivity index (χ1n) is 10.2. The molecule has 0 heterocycles. The van der Waals surface area contributed by atoms with E-state index in [1.165, 1.54) is 24.0 Å². The zero-order valence-electron chi connectivity index (χ0n) is 17.4. The van der Waals surface area contributed by atoms with Gasteiger partial charge in [0, 0.05) is 0 Å². The molecule has 0 fully saturated rings. The zero-order valence-corrected chi connectivity index (χ0v) is 18.3. The van der Waals surface area contributed by atoms with Gasteiger partial charge in [-0.25, -0.2) is 8.42 Å². The molecule has 1 aliphatic rings. The number of anilines is 1. The highest BCUT2D eigenvalue weighted by Crippen LogP contribution is 2.26. The predicted molar refractivity (Wildman–Crippen MR) is 118 cm³/mol. The maximum absolute atomic E-state index is 12.8. The van der Waals surface area contributed by atoms with E-state index < -0.39 is 10.0 Å². The van der Waals surface area contributed by atoms with E-state index in [9.17, 15) is 13.2 Å². The lowest BCUT2D eigenvalue weighted by atomic mass is 9.89. The van der Waals surface area contributed by atoms with Gasteiger partial charge in [0.1, 0.15) is 6.54 Å². The Bertz CT molecular complexity index is 985. The second-order valence-corrected chi connectivity index (χ2v) is 9.78. The van der Waals surface area contributed by atoms with E-state index in [-0.39, 0.29) is 18.5 Å². The number of sulfonamides is 1. The quantitative estimate of drug-likeness (QED) is 0.747. The molecule has 0 saturated carbocycles. The van der Waals surface area contributed by atoms with Gasteiger partial charge >= 0.3 is 0 Å². The van der Waals surface area contributed by atoms with Crippen LogP contribution >= 0.6 is 0 Å². The number of nitrogens with zero attached hydrogens (tertiary/aromatic N) is 1. The Morgan fingerprint density at radius 3 is 2.48 bits per heavy atom. The molecule has 1 N–H and O–H groups in total. The van der Waals surface area contributed by atoms with Crippen molar-refractivity contribution in [3.63, 3.8) is 0 Å². The van der Waals surface area contributed by atoms with Gasteiger partial charge in [0.2, 0.25) is 15.9 Å². The van der Waals surface area contributed by atoms with E-state index in [1.807, 2.05) is 19.9 Å². The van der Waals surface area contributed by atoms with Gasteiger partial charge in [0.15, 0.2) is 0 Å². The highest BCUT2D eigenvalue weighted by atomic mass is 32.2. The molecule has 5 nitrogen and oxygen atoms in total. The molecule has 2 aromatic rings. The average molecular weight is 415 g/mol. The monoisotopic (exact) mass is 414 g/mol. The number of amides is 1. The van der Waals surface area contributed by atoms with E-state index in [4.69, 9.17) is 0 Å². The maximum Gasteiger partial charge on any atom is 0.241 e. The first kappa shape index (κ1) is 21.4. The first-order chi connectivity index (χ1) is 13.8. The van der Waals surface area contributed by atoms with Gasteiger partial charge in [-0.05, 0) is 73.4 Å². The molecule has 2 aromatic carbocycles. The summed E-state index contributed by atoms with van der Waals surface area (Å²) < 4.78 is 25.8. The summed E-state index contributed by atoms with van der Waals surface area (Å²) in [4.78, 5) is 12.8. The molecule has 0 spiro atoms. The molecule has 6 heteroatoms. The van der Waals surface area contributed by atoms with E-state index >= 15 is 0 Å². The van der Waals surface area contributed by atoms with Crippen LogP contribution in [-0.2, 0) is 27.7 Å². The molecule has 0 aliphatic heterocycles. The third-order valence-electron chi connectivity index (χ3n) is 5.50. The smallest absolute Gasteiger partial charge is 0.241 e. The number of aryl methyl sites for hydroxylation is 3. The topological polar surface area (TPSA) is 66.5 Å². The number of rotatable bonds is 7. The summed E-state index contributed by atoms with van der Waals surface area (Å²) in [5.74, 6) is -0.304. The lowest BCUT2D eigenvalue weighted by Gasteiger charge is -2.25. The average Bonchev–Trinajstić information content (AvgIpc) is 2.69. The number of benzene rings is 2. The van der Waals surface area contributed by atoms with Gasteiger partial charge in [0.05, 0.1) is 18.0 Å². The molecule has 156 valence electrons. The van der Waals surface area contributed by atoms with Crippen molar-refractivity contribution in [1.82, 2.24) is 5.32 Å². The van der Waals surface area contributed by atoms with E-state index in [1.54, 1.807) is 18.2 Å². The minimum absolute atomic E-state index is 0.131. The van der Waals surface area contributed by atoms with Crippen molar-refractivity contribution in [2.75, 3.05) is 17.1 Å². The maximum atomic E-state index is 12.8. The molecule has 1 aliphatic carbocycles. The van der Waals surface area contributed by atoms with Crippen LogP contribution in [0.4, 0.5) is 5.69 Å². The lowest BCUT2D eigenvalue weighted by molar-refractivity contribution is -0.120. The fourth-order valence-electron chi connectivity index (χ4n) is 3.94. The van der Waals surface area contributed by atoms with Crippen LogP contribution in [0.3, 0.4) is 0 Å². The number of nitrogens with one attached hydrogen (secondary N) is 1. The normalized spacial score (nSPS) is 14.7. The van der Waals surface area contributed by atoms with Gasteiger partial charge in [-0.3, -0.25) is 9.10 Å². The molecule has 0 saturated heterocycles. The van der Waals surface area contributed by atoms with Crippen molar-refractivity contribution < 1.29 is 13.2 Å². The summed E-state index contributed by atoms with van der Waals surface area (Å²) in [6, 6.07) is 13.5. The third-order valence-corrected chi connectivity index (χ3v) is 6.64. The Morgan fingerprint density at radius 2 is 1.83 bits per heavy atom. The van der Waals surface area contributed by atoms with Crippen LogP contribution in [0.25, 0.3) is 0 Å². The number of hydrogen-bond donors (Lipinski definition) is 1. The van der Waals surface area contributed by atoms with Crippen molar-refractivity contribution in [2.45, 2.75) is 52.0 Å². The molecule has 3 rings (SSSR count). The summed E-state index contributed by atoms with van der Waals surface area (Å²) in [6.07, 6.45) is 6.53. The zero-order chi connectivity index (χ0) is 21.0. The van der Waals surface area contributed by atoms with Crippen LogP contribution in [0.5, 0.6) is 0 Å². The largest absolute Gasteiger partial charge is 0.348 e. The minimum Gasteiger partial charge on any atom is -0.348 e. The predicted octanol–water partition coefficient (Wildman–Crippen LogP) is 3.91. The molecular formula is C23H30N2O3S. The van der Waals surface area contributed by atoms with Crippen LogP contribution in [0.1, 0.15) is 54.5 Å². The van der Waals surface area contributed by atoms with Crippen molar-refractivity contribution in [1.29, 1.82) is 0 Å². The second kappa shape index (κ2) is 8.99. The standard InChI is InChI=1S/C23H30N2O3S/c1-4-22(20-13-12-18-9-5-6-10-19(18)15-20)24-23(26)16-25(29(3,27)28)21-11-7-8-17(2)14-21/h7-8,11-15,22H,4-6,9-10,16H2,1-3H3,(H,24,26). The van der Waals surface area contributed by atoms with Crippen LogP contribution in [0.15, 0.2) is 42.5 Å². The van der Waals surface area contributed by atoms with Gasteiger partial charge in [-0.1, -0.05) is 37.3 Å². The van der Waals surface area contributed by atoms with Gasteiger partial charge in [-0.15, -0.1) is 0 Å². The molecule has 0 aromatic heterocycles. The van der Waals surface area contributed by atoms with Crippen LogP contribution in [0.2, 0.25) is 0 Å². The fourth-order valence-corrected chi connectivity index (χ4v) is 4.79. The molecule has 0 bridgehead atoms. The molecular weight excluding hydrogens is 384 g/mol. The number of carbonyl (C=O) groups excluding carboxylic acids is 1. The lowest BCUT2D eigenvalue weighted by Crippen LogP contribution is -2.41. The minimum atomic E-state index is -3.58. The Hall–Kier alpha value is -2.34. The summed E-state index contributed by atoms with van der Waals surface area (Å²) in [5.41, 5.74) is 5.31. The third kappa shape index (κ3) is 5.38. The van der Waals surface area contributed by atoms with E-state index in [0.29, 0.717) is 5.69 Å². The molecule has 29 heavy (non-hydrogen) atoms. The Kier molecular flexibility index (Phi) is 6.63. The Morgan fingerprint density at radius 1 is 1.10 bits per heavy atom. The van der Waals surface area contributed by atoms with Crippen LogP contribution in [-0.4, -0.2) is 27.1 Å². The van der Waals surface area contributed by atoms with Gasteiger partial charge in [0.25, 0.3) is 0 Å². The summed E-state index contributed by atoms with van der Waals surface area (Å²) in [7, 11) is -3.58. The molecule has 1 amide bonds. The van der Waals surface area contributed by atoms with Crippen molar-refractivity contribution in [3.05, 3.63) is 64.7 Å². The molecule has 0 radical (unpaired) electrons. The van der Waals surface area contributed by atoms with E-state index in [2.05, 4.69) is 23.5 Å². The first-order valence-corrected chi connectivity index (χ1v) is 12.1. The Labute approximate surface area is 174 Å². The van der Waals surface area contributed by atoms with E-state index in [0.717, 1.165) is 41.0 Å². The van der Waals surface area contributed by atoms with Gasteiger partial charge < -0.3 is 5.32 Å². The van der Waals surface area contributed by atoms with Crippen molar-refractivity contribution in [2.24, 2.45) is 0 Å². The number of fused-ring (bicyclic) bond motifs is 1. The summed E-state index contributed by atoms with van der Waals surface area (Å²) >= 11 is 0. The van der Waals surface area contributed by atoms with Crippen molar-refractivity contribution >= 4 is 21.6 Å². The molecule has 1 unspecified atom stereocenters. The number of carbonyl (C=O) groups is 1. The molecule has 1 atom stereocenters. The van der Waals surface area contributed by atoms with Crippen molar-refractivity contribution in [3.8, 4) is 0 Å². The second-order valence-electron chi connectivity index (χ2n) is 7.87. The van der Waals surface area contributed by atoms with Crippen LogP contribution in [0, 0.1) is 6.92 Å². The summed E-state index contributed by atoms with van der Waals surface area (Å²) in [6.45, 7) is 3.69. The summed E-state index contributed by atoms with van der Waals surface area (Å²) in [5, 5.41) is 3.03. The SMILES string of the molecule is CCC(NC(=O)CN(c1cccc(C)c1)S(C)(=O)=O)c1ccc2c(c1)CCCC2. The highest BCUT2D eigenvalue weighted by Gasteiger charge is 2.23. The van der Waals surface area contributed by atoms with Gasteiger partial charge in [-0.2, -0.15) is 0 Å². The number of hydrogen-bond acceptors (Lipinski definition) is 3. The highest BCUT2D eigenvalue weighted by molar-refractivity contribution is 7.92. The van der Waals surface area contributed by atoms with Crippen LogP contribution < -0.4 is 9.62 Å². The fraction of sp³-hybridized carbons (Fsp3) is 0.435. The Balaban J connectivity index is 1.76.